The Kier molecular flexibility index (Phi) is 7.59. The quantitative estimate of drug-likeness (QED) is 0.217. The van der Waals surface area contributed by atoms with Crippen molar-refractivity contribution in [1.29, 1.82) is 0 Å². The Morgan fingerprint density at radius 2 is 2.27 bits per heavy atom. The molecule has 8 N–H and O–H groups in total. The molecule has 0 spiro atoms. The lowest BCUT2D eigenvalue weighted by atomic mass is 10.1. The number of hydrogen-bond donors (Lipinski definition) is 6. The van der Waals surface area contributed by atoms with Crippen LogP contribution in [0.25, 0.3) is 11.4 Å². The first-order valence-corrected chi connectivity index (χ1v) is 11.4. The van der Waals surface area contributed by atoms with Crippen LogP contribution in [-0.2, 0) is 14.8 Å². The summed E-state index contributed by atoms with van der Waals surface area (Å²) in [5.41, 5.74) is 6.10. The van der Waals surface area contributed by atoms with Crippen LogP contribution >= 0.6 is 11.9 Å². The number of nitrogens with two attached hydrogens (primary N) is 2. The van der Waals surface area contributed by atoms with Crippen LogP contribution in [-0.4, -0.2) is 90.9 Å². The molecule has 1 saturated heterocycles. The summed E-state index contributed by atoms with van der Waals surface area (Å²) in [5.74, 6) is 0.0607. The highest BCUT2D eigenvalue weighted by atomic mass is 32.2. The SMILES string of the molecule is NC[C@@H](O)CNSc1ccc(N2CCOC(CO)C2)c(-c2nn[nH]n2)c1S(N)(=O)=O. The second kappa shape index (κ2) is 9.97. The molecule has 0 radical (unpaired) electrons. The number of tetrazole rings is 1. The third-order valence-corrected chi connectivity index (χ3v) is 6.40. The zero-order chi connectivity index (χ0) is 21.7. The Bertz CT molecular complexity index is 943. The van der Waals surface area contributed by atoms with E-state index in [1.165, 1.54) is 0 Å². The number of H-pyrrole nitrogens is 1. The van der Waals surface area contributed by atoms with Crippen molar-refractivity contribution in [3.63, 3.8) is 0 Å². The van der Waals surface area contributed by atoms with E-state index in [9.17, 15) is 18.6 Å². The van der Waals surface area contributed by atoms with Crippen molar-refractivity contribution in [3.05, 3.63) is 12.1 Å². The van der Waals surface area contributed by atoms with Crippen molar-refractivity contribution >= 4 is 27.7 Å². The van der Waals surface area contributed by atoms with Crippen LogP contribution in [0.1, 0.15) is 0 Å². The fraction of sp³-hybridized carbons (Fsp3) is 0.533. The van der Waals surface area contributed by atoms with Gasteiger partial charge in [0.2, 0.25) is 15.8 Å². The molecule has 1 aliphatic heterocycles. The number of aliphatic hydroxyl groups is 2. The number of sulfonamides is 1. The molecule has 3 rings (SSSR count). The third kappa shape index (κ3) is 5.25. The van der Waals surface area contributed by atoms with Gasteiger partial charge in [0.15, 0.2) is 0 Å². The number of hydrogen-bond acceptors (Lipinski definition) is 12. The number of nitrogens with one attached hydrogen (secondary N) is 2. The number of morpholine rings is 1. The summed E-state index contributed by atoms with van der Waals surface area (Å²) in [6.45, 7) is 1.21. The minimum Gasteiger partial charge on any atom is -0.394 e. The Hall–Kier alpha value is -1.85. The van der Waals surface area contributed by atoms with Crippen LogP contribution in [0, 0.1) is 0 Å². The summed E-state index contributed by atoms with van der Waals surface area (Å²) >= 11 is 0.995. The van der Waals surface area contributed by atoms with E-state index in [4.69, 9.17) is 15.6 Å². The standard InChI is InChI=1S/C15H24N8O5S2/c16-5-9(25)6-18-29-12-2-1-11(23-3-4-28-10(7-23)8-24)13(14(12)30(17,26)27)15-19-21-22-20-15/h1-2,9-10,18,24-25H,3-8,16H2,(H2,17,26,27)(H,19,20,21,22)/t9-,10?/m1/s1. The van der Waals surface area contributed by atoms with Crippen LogP contribution in [0.15, 0.2) is 21.9 Å². The first kappa shape index (κ1) is 22.8. The lowest BCUT2D eigenvalue weighted by molar-refractivity contribution is 0.00358. The molecule has 1 fully saturated rings. The average Bonchev–Trinajstić information content (AvgIpc) is 3.27. The molecule has 1 aromatic heterocycles. The Morgan fingerprint density at radius 1 is 1.47 bits per heavy atom. The summed E-state index contributed by atoms with van der Waals surface area (Å²) in [7, 11) is -4.20. The van der Waals surface area contributed by atoms with Crippen molar-refractivity contribution in [2.45, 2.75) is 22.0 Å². The molecule has 2 atom stereocenters. The Balaban J connectivity index is 2.08. The van der Waals surface area contributed by atoms with Gasteiger partial charge in [0.25, 0.3) is 0 Å². The fourth-order valence-electron chi connectivity index (χ4n) is 3.01. The van der Waals surface area contributed by atoms with E-state index in [0.717, 1.165) is 11.9 Å². The van der Waals surface area contributed by atoms with Gasteiger partial charge in [-0.05, 0) is 29.3 Å². The van der Waals surface area contributed by atoms with Crippen LogP contribution in [0.4, 0.5) is 5.69 Å². The van der Waals surface area contributed by atoms with Crippen molar-refractivity contribution in [2.75, 3.05) is 44.3 Å². The zero-order valence-corrected chi connectivity index (χ0v) is 17.6. The molecule has 0 bridgehead atoms. The highest BCUT2D eigenvalue weighted by Crippen LogP contribution is 2.40. The van der Waals surface area contributed by atoms with Gasteiger partial charge in [-0.3, -0.25) is 4.72 Å². The van der Waals surface area contributed by atoms with Gasteiger partial charge in [-0.15, -0.1) is 10.2 Å². The van der Waals surface area contributed by atoms with Gasteiger partial charge >= 0.3 is 0 Å². The van der Waals surface area contributed by atoms with Crippen LogP contribution in [0.5, 0.6) is 0 Å². The number of rotatable bonds is 9. The second-order valence-corrected chi connectivity index (χ2v) is 8.96. The maximum atomic E-state index is 12.6. The van der Waals surface area contributed by atoms with E-state index < -0.39 is 22.2 Å². The number of nitrogens with zero attached hydrogens (tertiary/aromatic N) is 4. The molecule has 15 heteroatoms. The van der Waals surface area contributed by atoms with Crippen molar-refractivity contribution in [1.82, 2.24) is 25.3 Å². The maximum absolute atomic E-state index is 12.6. The molecular weight excluding hydrogens is 436 g/mol. The molecule has 0 amide bonds. The molecule has 2 heterocycles. The largest absolute Gasteiger partial charge is 0.394 e. The number of primary sulfonamides is 1. The Labute approximate surface area is 177 Å². The number of aromatic amines is 1. The molecule has 166 valence electrons. The number of aromatic nitrogens is 4. The lowest BCUT2D eigenvalue weighted by Crippen LogP contribution is -2.44. The smallest absolute Gasteiger partial charge is 0.240 e. The van der Waals surface area contributed by atoms with Crippen molar-refractivity contribution in [3.8, 4) is 11.4 Å². The summed E-state index contributed by atoms with van der Waals surface area (Å²) < 4.78 is 33.5. The molecule has 1 aliphatic rings. The molecule has 13 nitrogen and oxygen atoms in total. The highest BCUT2D eigenvalue weighted by Gasteiger charge is 2.30. The van der Waals surface area contributed by atoms with E-state index in [1.54, 1.807) is 12.1 Å². The number of aliphatic hydroxyl groups excluding tert-OH is 2. The molecule has 1 unspecified atom stereocenters. The second-order valence-electron chi connectivity index (χ2n) is 6.53. The topological polar surface area (TPSA) is 206 Å². The molecule has 0 saturated carbocycles. The average molecular weight is 461 g/mol. The van der Waals surface area contributed by atoms with Gasteiger partial charge in [0.05, 0.1) is 31.0 Å². The van der Waals surface area contributed by atoms with E-state index in [1.807, 2.05) is 4.90 Å². The van der Waals surface area contributed by atoms with Gasteiger partial charge in [-0.2, -0.15) is 5.21 Å². The van der Waals surface area contributed by atoms with E-state index in [-0.39, 0.29) is 36.0 Å². The van der Waals surface area contributed by atoms with Crippen LogP contribution in [0.2, 0.25) is 0 Å². The van der Waals surface area contributed by atoms with Gasteiger partial charge in [-0.25, -0.2) is 13.6 Å². The Morgan fingerprint density at radius 3 is 2.90 bits per heavy atom. The van der Waals surface area contributed by atoms with Gasteiger partial charge in [0, 0.05) is 36.8 Å². The van der Waals surface area contributed by atoms with Crippen molar-refractivity contribution in [2.24, 2.45) is 10.9 Å². The predicted molar refractivity (Wildman–Crippen MR) is 109 cm³/mol. The number of ether oxygens (including phenoxy) is 1. The van der Waals surface area contributed by atoms with Crippen LogP contribution in [0.3, 0.4) is 0 Å². The van der Waals surface area contributed by atoms with Gasteiger partial charge in [0.1, 0.15) is 4.90 Å². The van der Waals surface area contributed by atoms with E-state index in [2.05, 4.69) is 25.3 Å². The van der Waals surface area contributed by atoms with E-state index in [0.29, 0.717) is 30.3 Å². The molecule has 0 aliphatic carbocycles. The minimum atomic E-state index is -4.20. The van der Waals surface area contributed by atoms with E-state index >= 15 is 0 Å². The zero-order valence-electron chi connectivity index (χ0n) is 15.9. The first-order valence-electron chi connectivity index (χ1n) is 9.04. The van der Waals surface area contributed by atoms with Crippen LogP contribution < -0.4 is 20.5 Å². The molecule has 2 aromatic rings. The number of anilines is 1. The van der Waals surface area contributed by atoms with Gasteiger partial charge in [-0.1, -0.05) is 0 Å². The number of benzene rings is 1. The summed E-state index contributed by atoms with van der Waals surface area (Å²) in [5, 5.41) is 38.4. The monoisotopic (exact) mass is 460 g/mol. The predicted octanol–water partition coefficient (Wildman–Crippen LogP) is -2.37. The third-order valence-electron chi connectivity index (χ3n) is 4.41. The lowest BCUT2D eigenvalue weighted by Gasteiger charge is -2.35. The molecular formula is C15H24N8O5S2. The maximum Gasteiger partial charge on any atom is 0.240 e. The fourth-order valence-corrected chi connectivity index (χ4v) is 5.08. The summed E-state index contributed by atoms with van der Waals surface area (Å²) in [4.78, 5) is 2.01. The molecule has 30 heavy (non-hydrogen) atoms. The highest BCUT2D eigenvalue weighted by molar-refractivity contribution is 7.98. The minimum absolute atomic E-state index is 0.0607. The first-order chi connectivity index (χ1) is 14.3. The summed E-state index contributed by atoms with van der Waals surface area (Å²) in [6, 6.07) is 3.33. The van der Waals surface area contributed by atoms with Gasteiger partial charge < -0.3 is 25.6 Å². The van der Waals surface area contributed by atoms with Crippen molar-refractivity contribution < 1.29 is 23.4 Å². The summed E-state index contributed by atoms with van der Waals surface area (Å²) in [6.07, 6.45) is -1.20. The molecule has 1 aromatic carbocycles. The normalized spacial score (nSPS) is 18.5.